The van der Waals surface area contributed by atoms with Crippen LogP contribution in [0.1, 0.15) is 30.9 Å². The lowest BCUT2D eigenvalue weighted by Gasteiger charge is -2.09. The summed E-state index contributed by atoms with van der Waals surface area (Å²) in [6, 6.07) is 1.74. The first-order valence-corrected chi connectivity index (χ1v) is 4.67. The number of phenols is 1. The summed E-state index contributed by atoms with van der Waals surface area (Å²) in [4.78, 5) is 4.12. The lowest BCUT2D eigenvalue weighted by Crippen LogP contribution is -1.91. The molecule has 74 valence electrons. The van der Waals surface area contributed by atoms with E-state index in [1.165, 1.54) is 6.39 Å². The predicted molar refractivity (Wildman–Crippen MR) is 54.5 cm³/mol. The molecule has 0 unspecified atom stereocenters. The molecular weight excluding hydrogens is 178 g/mol. The van der Waals surface area contributed by atoms with Gasteiger partial charge in [0.2, 0.25) is 0 Å². The Morgan fingerprint density at radius 1 is 1.43 bits per heavy atom. The first-order valence-electron chi connectivity index (χ1n) is 4.67. The van der Waals surface area contributed by atoms with E-state index in [4.69, 9.17) is 4.42 Å². The number of fused-ring (bicyclic) bond motifs is 1. The zero-order valence-electron chi connectivity index (χ0n) is 8.53. The van der Waals surface area contributed by atoms with Gasteiger partial charge in [-0.3, -0.25) is 0 Å². The van der Waals surface area contributed by atoms with E-state index in [1.54, 1.807) is 6.07 Å². The smallest absolute Gasteiger partial charge is 0.182 e. The van der Waals surface area contributed by atoms with Gasteiger partial charge in [-0.05, 0) is 24.5 Å². The van der Waals surface area contributed by atoms with Gasteiger partial charge in [-0.25, -0.2) is 4.98 Å². The van der Waals surface area contributed by atoms with Gasteiger partial charge in [0.25, 0.3) is 0 Å². The summed E-state index contributed by atoms with van der Waals surface area (Å²) in [6.07, 6.45) is 1.42. The van der Waals surface area contributed by atoms with Gasteiger partial charge in [0.15, 0.2) is 12.0 Å². The highest BCUT2D eigenvalue weighted by atomic mass is 16.3. The van der Waals surface area contributed by atoms with Crippen molar-refractivity contribution in [1.82, 2.24) is 4.98 Å². The third-order valence-corrected chi connectivity index (χ3v) is 2.39. The molecule has 2 rings (SSSR count). The molecular formula is C11H13NO2. The standard InChI is InChI=1S/C11H13NO2/c1-6(2)9-8(13)4-7(3)10-11(9)14-5-12-10/h4-6,13H,1-3H3. The third kappa shape index (κ3) is 1.16. The number of aromatic hydroxyl groups is 1. The maximum atomic E-state index is 9.79. The fourth-order valence-corrected chi connectivity index (χ4v) is 1.74. The number of phenolic OH excluding ortho intramolecular Hbond substituents is 1. The summed E-state index contributed by atoms with van der Waals surface area (Å²) in [6.45, 7) is 5.95. The van der Waals surface area contributed by atoms with Crippen molar-refractivity contribution in [3.63, 3.8) is 0 Å². The van der Waals surface area contributed by atoms with Crippen LogP contribution in [0.2, 0.25) is 0 Å². The van der Waals surface area contributed by atoms with E-state index in [0.29, 0.717) is 11.3 Å². The van der Waals surface area contributed by atoms with Crippen LogP contribution in [0.15, 0.2) is 16.9 Å². The van der Waals surface area contributed by atoms with E-state index >= 15 is 0 Å². The Morgan fingerprint density at radius 3 is 2.79 bits per heavy atom. The van der Waals surface area contributed by atoms with Gasteiger partial charge >= 0.3 is 0 Å². The molecule has 0 saturated heterocycles. The number of aryl methyl sites for hydroxylation is 1. The summed E-state index contributed by atoms with van der Waals surface area (Å²) in [5.41, 5.74) is 3.32. The third-order valence-electron chi connectivity index (χ3n) is 2.39. The van der Waals surface area contributed by atoms with E-state index in [2.05, 4.69) is 4.98 Å². The van der Waals surface area contributed by atoms with E-state index in [-0.39, 0.29) is 5.92 Å². The highest BCUT2D eigenvalue weighted by molar-refractivity contribution is 5.82. The molecule has 0 amide bonds. The molecule has 0 saturated carbocycles. The van der Waals surface area contributed by atoms with Crippen LogP contribution in [0.4, 0.5) is 0 Å². The predicted octanol–water partition coefficient (Wildman–Crippen LogP) is 2.97. The molecule has 14 heavy (non-hydrogen) atoms. The lowest BCUT2D eigenvalue weighted by atomic mass is 9.99. The maximum absolute atomic E-state index is 9.79. The van der Waals surface area contributed by atoms with Crippen molar-refractivity contribution in [3.05, 3.63) is 23.6 Å². The minimum Gasteiger partial charge on any atom is -0.508 e. The van der Waals surface area contributed by atoms with Crippen molar-refractivity contribution in [3.8, 4) is 5.75 Å². The molecule has 0 aliphatic rings. The molecule has 3 heteroatoms. The lowest BCUT2D eigenvalue weighted by molar-refractivity contribution is 0.463. The van der Waals surface area contributed by atoms with Crippen LogP contribution in [0.3, 0.4) is 0 Å². The molecule has 3 nitrogen and oxygen atoms in total. The average molecular weight is 191 g/mol. The topological polar surface area (TPSA) is 46.3 Å². The highest BCUT2D eigenvalue weighted by Crippen LogP contribution is 2.34. The van der Waals surface area contributed by atoms with Gasteiger partial charge in [-0.1, -0.05) is 13.8 Å². The first kappa shape index (κ1) is 9.06. The molecule has 0 spiro atoms. The Morgan fingerprint density at radius 2 is 2.14 bits per heavy atom. The summed E-state index contributed by atoms with van der Waals surface area (Å²) in [7, 11) is 0. The summed E-state index contributed by atoms with van der Waals surface area (Å²) < 4.78 is 5.30. The van der Waals surface area contributed by atoms with Crippen LogP contribution in [0, 0.1) is 6.92 Å². The fraction of sp³-hybridized carbons (Fsp3) is 0.364. The largest absolute Gasteiger partial charge is 0.508 e. The molecule has 0 fully saturated rings. The second-order valence-corrected chi connectivity index (χ2v) is 3.81. The van der Waals surface area contributed by atoms with Crippen molar-refractivity contribution < 1.29 is 9.52 Å². The molecule has 2 aromatic rings. The minimum absolute atomic E-state index is 0.228. The molecule has 0 atom stereocenters. The van der Waals surface area contributed by atoms with Gasteiger partial charge < -0.3 is 9.52 Å². The van der Waals surface area contributed by atoms with Crippen LogP contribution in [-0.2, 0) is 0 Å². The summed E-state index contributed by atoms with van der Waals surface area (Å²) in [5, 5.41) is 9.79. The van der Waals surface area contributed by atoms with Crippen molar-refractivity contribution in [2.24, 2.45) is 0 Å². The number of aromatic nitrogens is 1. The second kappa shape index (κ2) is 3.01. The first-order chi connectivity index (χ1) is 6.61. The molecule has 0 aliphatic carbocycles. The maximum Gasteiger partial charge on any atom is 0.182 e. The van der Waals surface area contributed by atoms with Crippen molar-refractivity contribution in [2.75, 3.05) is 0 Å². The van der Waals surface area contributed by atoms with Crippen LogP contribution < -0.4 is 0 Å². The fourth-order valence-electron chi connectivity index (χ4n) is 1.74. The SMILES string of the molecule is Cc1cc(O)c(C(C)C)c2ocnc12. The molecule has 1 aromatic carbocycles. The number of benzene rings is 1. The van der Waals surface area contributed by atoms with Gasteiger partial charge in [0.05, 0.1) is 0 Å². The van der Waals surface area contributed by atoms with E-state index < -0.39 is 0 Å². The van der Waals surface area contributed by atoms with E-state index in [9.17, 15) is 5.11 Å². The number of nitrogens with zero attached hydrogens (tertiary/aromatic N) is 1. The number of rotatable bonds is 1. The molecule has 0 aliphatic heterocycles. The zero-order valence-corrected chi connectivity index (χ0v) is 8.53. The van der Waals surface area contributed by atoms with Crippen molar-refractivity contribution in [2.45, 2.75) is 26.7 Å². The highest BCUT2D eigenvalue weighted by Gasteiger charge is 2.15. The average Bonchev–Trinajstić information content (AvgIpc) is 2.51. The van der Waals surface area contributed by atoms with Gasteiger partial charge in [-0.2, -0.15) is 0 Å². The molecule has 0 radical (unpaired) electrons. The number of hydrogen-bond donors (Lipinski definition) is 1. The van der Waals surface area contributed by atoms with Crippen molar-refractivity contribution in [1.29, 1.82) is 0 Å². The number of hydrogen-bond acceptors (Lipinski definition) is 3. The molecule has 1 heterocycles. The summed E-state index contributed by atoms with van der Waals surface area (Å²) >= 11 is 0. The quantitative estimate of drug-likeness (QED) is 0.753. The van der Waals surface area contributed by atoms with Gasteiger partial charge in [0.1, 0.15) is 11.3 Å². The Balaban J connectivity index is 2.86. The van der Waals surface area contributed by atoms with Gasteiger partial charge in [0, 0.05) is 5.56 Å². The van der Waals surface area contributed by atoms with Gasteiger partial charge in [-0.15, -0.1) is 0 Å². The van der Waals surface area contributed by atoms with E-state index in [0.717, 1.165) is 16.6 Å². The van der Waals surface area contributed by atoms with Crippen molar-refractivity contribution >= 4 is 11.1 Å². The van der Waals surface area contributed by atoms with E-state index in [1.807, 2.05) is 20.8 Å². The monoisotopic (exact) mass is 191 g/mol. The molecule has 1 N–H and O–H groups in total. The van der Waals surface area contributed by atoms with Crippen LogP contribution in [-0.4, -0.2) is 10.1 Å². The summed E-state index contributed by atoms with van der Waals surface area (Å²) in [5.74, 6) is 0.521. The second-order valence-electron chi connectivity index (χ2n) is 3.81. The Labute approximate surface area is 82.4 Å². The zero-order chi connectivity index (χ0) is 10.3. The normalized spacial score (nSPS) is 11.4. The Hall–Kier alpha value is -1.51. The van der Waals surface area contributed by atoms with Crippen LogP contribution in [0.5, 0.6) is 5.75 Å². The van der Waals surface area contributed by atoms with Crippen LogP contribution >= 0.6 is 0 Å². The number of oxazole rings is 1. The molecule has 1 aromatic heterocycles. The van der Waals surface area contributed by atoms with Crippen LogP contribution in [0.25, 0.3) is 11.1 Å². The Kier molecular flexibility index (Phi) is 1.95. The minimum atomic E-state index is 0.228. The molecule has 0 bridgehead atoms. The Bertz CT molecular complexity index is 471.